The van der Waals surface area contributed by atoms with Crippen molar-refractivity contribution in [1.29, 1.82) is 0 Å². The molecule has 0 radical (unpaired) electrons. The second-order valence-electron chi connectivity index (χ2n) is 4.79. The fraction of sp³-hybridized carbons (Fsp3) is 0.538. The number of hydrogen-bond acceptors (Lipinski definition) is 3. The molecule has 1 fully saturated rings. The molecule has 1 aliphatic heterocycles. The first-order valence-electron chi connectivity index (χ1n) is 5.95. The molecule has 84 valence electrons. The van der Waals surface area contributed by atoms with Crippen molar-refractivity contribution in [3.63, 3.8) is 0 Å². The summed E-state index contributed by atoms with van der Waals surface area (Å²) in [7, 11) is 0. The zero-order valence-electron chi connectivity index (χ0n) is 9.73. The summed E-state index contributed by atoms with van der Waals surface area (Å²) < 4.78 is 5.77. The van der Waals surface area contributed by atoms with Crippen LogP contribution in [0.1, 0.15) is 37.8 Å². The van der Waals surface area contributed by atoms with Crippen molar-refractivity contribution in [3.05, 3.63) is 23.4 Å². The van der Waals surface area contributed by atoms with Crippen molar-refractivity contribution in [2.45, 2.75) is 39.3 Å². The Kier molecular flexibility index (Phi) is 2.20. The van der Waals surface area contributed by atoms with Gasteiger partial charge < -0.3 is 4.74 Å². The van der Waals surface area contributed by atoms with Crippen molar-refractivity contribution in [1.82, 2.24) is 4.98 Å². The van der Waals surface area contributed by atoms with E-state index in [0.29, 0.717) is 5.92 Å². The van der Waals surface area contributed by atoms with Gasteiger partial charge in [0.25, 0.3) is 0 Å². The van der Waals surface area contributed by atoms with Crippen molar-refractivity contribution in [2.75, 3.05) is 0 Å². The Morgan fingerprint density at radius 1 is 1.38 bits per heavy atom. The van der Waals surface area contributed by atoms with Gasteiger partial charge in [-0.3, -0.25) is 4.99 Å². The number of aromatic nitrogens is 1. The van der Waals surface area contributed by atoms with Gasteiger partial charge >= 0.3 is 0 Å². The quantitative estimate of drug-likeness (QED) is 0.778. The van der Waals surface area contributed by atoms with E-state index in [-0.39, 0.29) is 6.10 Å². The van der Waals surface area contributed by atoms with Gasteiger partial charge in [0.2, 0.25) is 5.88 Å². The highest BCUT2D eigenvalue weighted by molar-refractivity contribution is 6.08. The van der Waals surface area contributed by atoms with Crippen LogP contribution in [-0.2, 0) is 6.54 Å². The minimum Gasteiger partial charge on any atom is -0.474 e. The molecule has 1 aromatic rings. The maximum Gasteiger partial charge on any atom is 0.223 e. The zero-order valence-corrected chi connectivity index (χ0v) is 9.73. The monoisotopic (exact) mass is 216 g/mol. The maximum atomic E-state index is 5.77. The molecule has 1 aliphatic carbocycles. The smallest absolute Gasteiger partial charge is 0.223 e. The van der Waals surface area contributed by atoms with E-state index in [1.54, 1.807) is 0 Å². The Balaban J connectivity index is 2.00. The molecule has 0 unspecified atom stereocenters. The first kappa shape index (κ1) is 9.82. The van der Waals surface area contributed by atoms with E-state index in [0.717, 1.165) is 12.4 Å². The number of pyridine rings is 1. The first-order chi connectivity index (χ1) is 7.75. The molecular weight excluding hydrogens is 200 g/mol. The van der Waals surface area contributed by atoms with Crippen LogP contribution in [0.2, 0.25) is 0 Å². The Labute approximate surface area is 95.6 Å². The molecule has 0 spiro atoms. The number of ether oxygens (including phenoxy) is 1. The summed E-state index contributed by atoms with van der Waals surface area (Å²) in [6.45, 7) is 4.87. The molecule has 1 aromatic heterocycles. The lowest BCUT2D eigenvalue weighted by molar-refractivity contribution is 0.232. The highest BCUT2D eigenvalue weighted by Crippen LogP contribution is 2.39. The number of nitrogens with zero attached hydrogens (tertiary/aromatic N) is 2. The topological polar surface area (TPSA) is 34.5 Å². The lowest BCUT2D eigenvalue weighted by Gasteiger charge is -2.13. The van der Waals surface area contributed by atoms with Gasteiger partial charge in [-0.15, -0.1) is 0 Å². The Hall–Kier alpha value is -1.38. The number of aliphatic imine (C=N–C) groups is 1. The van der Waals surface area contributed by atoms with Crippen LogP contribution in [0, 0.1) is 5.92 Å². The van der Waals surface area contributed by atoms with Crippen molar-refractivity contribution < 1.29 is 4.74 Å². The third kappa shape index (κ3) is 1.60. The van der Waals surface area contributed by atoms with Gasteiger partial charge in [-0.1, -0.05) is 0 Å². The maximum absolute atomic E-state index is 5.77. The zero-order chi connectivity index (χ0) is 11.1. The lowest BCUT2D eigenvalue weighted by atomic mass is 10.1. The highest BCUT2D eigenvalue weighted by Gasteiger charge is 2.34. The standard InChI is InChI=1S/C13H16N2O/c1-8(2)16-13-11-10(5-6-14-13)7-15-12(11)9-3-4-9/h5-6,8-9H,3-4,7H2,1-2H3. The van der Waals surface area contributed by atoms with E-state index in [4.69, 9.17) is 4.74 Å². The largest absolute Gasteiger partial charge is 0.474 e. The summed E-state index contributed by atoms with van der Waals surface area (Å²) in [5.41, 5.74) is 3.69. The van der Waals surface area contributed by atoms with Gasteiger partial charge in [0, 0.05) is 12.1 Å². The van der Waals surface area contributed by atoms with Crippen LogP contribution in [0.15, 0.2) is 17.3 Å². The highest BCUT2D eigenvalue weighted by atomic mass is 16.5. The molecule has 2 heterocycles. The first-order valence-corrected chi connectivity index (χ1v) is 5.95. The van der Waals surface area contributed by atoms with Crippen LogP contribution >= 0.6 is 0 Å². The fourth-order valence-corrected chi connectivity index (χ4v) is 2.14. The molecule has 3 nitrogen and oxygen atoms in total. The molecule has 3 heteroatoms. The molecule has 16 heavy (non-hydrogen) atoms. The van der Waals surface area contributed by atoms with Crippen LogP contribution < -0.4 is 4.74 Å². The predicted molar refractivity (Wildman–Crippen MR) is 63.0 cm³/mol. The molecular formula is C13H16N2O. The van der Waals surface area contributed by atoms with Crippen LogP contribution in [0.25, 0.3) is 0 Å². The van der Waals surface area contributed by atoms with Gasteiger partial charge in [0.15, 0.2) is 0 Å². The normalized spacial score (nSPS) is 18.6. The van der Waals surface area contributed by atoms with Crippen LogP contribution in [0.5, 0.6) is 5.88 Å². The third-order valence-corrected chi connectivity index (χ3v) is 2.99. The third-order valence-electron chi connectivity index (χ3n) is 2.99. The molecule has 0 amide bonds. The van der Waals surface area contributed by atoms with E-state index in [1.807, 2.05) is 20.0 Å². The summed E-state index contributed by atoms with van der Waals surface area (Å²) in [5.74, 6) is 1.44. The number of rotatable bonds is 3. The molecule has 0 saturated heterocycles. The van der Waals surface area contributed by atoms with Gasteiger partial charge in [-0.25, -0.2) is 4.98 Å². The van der Waals surface area contributed by atoms with E-state index in [9.17, 15) is 0 Å². The van der Waals surface area contributed by atoms with Crippen molar-refractivity contribution in [3.8, 4) is 5.88 Å². The van der Waals surface area contributed by atoms with Gasteiger partial charge in [0.05, 0.1) is 23.9 Å². The molecule has 3 rings (SSSR count). The van der Waals surface area contributed by atoms with E-state index < -0.39 is 0 Å². The van der Waals surface area contributed by atoms with Gasteiger partial charge in [-0.2, -0.15) is 0 Å². The van der Waals surface area contributed by atoms with E-state index in [2.05, 4.69) is 16.0 Å². The SMILES string of the molecule is CC(C)Oc1nccc2c1C(C1CC1)=NC2. The van der Waals surface area contributed by atoms with Crippen LogP contribution in [0.4, 0.5) is 0 Å². The van der Waals surface area contributed by atoms with Crippen molar-refractivity contribution >= 4 is 5.71 Å². The summed E-state index contributed by atoms with van der Waals surface area (Å²) in [6, 6.07) is 2.06. The Morgan fingerprint density at radius 3 is 2.88 bits per heavy atom. The second kappa shape index (κ2) is 3.58. The van der Waals surface area contributed by atoms with E-state index in [1.165, 1.54) is 29.7 Å². The summed E-state index contributed by atoms with van der Waals surface area (Å²) in [6.07, 6.45) is 4.53. The molecule has 2 aliphatic rings. The Bertz CT molecular complexity index is 447. The minimum atomic E-state index is 0.167. The Morgan fingerprint density at radius 2 is 2.19 bits per heavy atom. The lowest BCUT2D eigenvalue weighted by Crippen LogP contribution is -2.12. The summed E-state index contributed by atoms with van der Waals surface area (Å²) in [5, 5.41) is 0. The summed E-state index contributed by atoms with van der Waals surface area (Å²) >= 11 is 0. The molecule has 0 atom stereocenters. The van der Waals surface area contributed by atoms with Gasteiger partial charge in [-0.05, 0) is 38.3 Å². The summed E-state index contributed by atoms with van der Waals surface area (Å²) in [4.78, 5) is 8.98. The minimum absolute atomic E-state index is 0.167. The number of fused-ring (bicyclic) bond motifs is 1. The molecule has 0 aromatic carbocycles. The fourth-order valence-electron chi connectivity index (χ4n) is 2.14. The molecule has 1 saturated carbocycles. The predicted octanol–water partition coefficient (Wildman–Crippen LogP) is 2.58. The van der Waals surface area contributed by atoms with Crippen LogP contribution in [0.3, 0.4) is 0 Å². The molecule has 0 bridgehead atoms. The van der Waals surface area contributed by atoms with Gasteiger partial charge in [0.1, 0.15) is 0 Å². The molecule has 0 N–H and O–H groups in total. The van der Waals surface area contributed by atoms with E-state index >= 15 is 0 Å². The second-order valence-corrected chi connectivity index (χ2v) is 4.79. The average Bonchev–Trinajstić information content (AvgIpc) is 2.98. The van der Waals surface area contributed by atoms with Crippen LogP contribution in [-0.4, -0.2) is 16.8 Å². The van der Waals surface area contributed by atoms with Crippen molar-refractivity contribution in [2.24, 2.45) is 10.9 Å². The average molecular weight is 216 g/mol. The number of hydrogen-bond donors (Lipinski definition) is 0.